The van der Waals surface area contributed by atoms with E-state index in [2.05, 4.69) is 34.9 Å². The topological polar surface area (TPSA) is 105 Å². The molecule has 7 heteroatoms. The molecule has 0 aliphatic heterocycles. The maximum absolute atomic E-state index is 12.4. The smallest absolute Gasteiger partial charge is 0.407 e. The lowest BCUT2D eigenvalue weighted by molar-refractivity contribution is -0.142. The van der Waals surface area contributed by atoms with Gasteiger partial charge in [-0.15, -0.1) is 0 Å². The van der Waals surface area contributed by atoms with Gasteiger partial charge in [-0.3, -0.25) is 4.79 Å². The highest BCUT2D eigenvalue weighted by Crippen LogP contribution is 2.44. The van der Waals surface area contributed by atoms with Crippen LogP contribution in [0.3, 0.4) is 0 Å². The van der Waals surface area contributed by atoms with Crippen LogP contribution in [0, 0.1) is 5.41 Å². The molecule has 7 nitrogen and oxygen atoms in total. The van der Waals surface area contributed by atoms with Crippen LogP contribution in [0.25, 0.3) is 11.1 Å². The molecule has 0 fully saturated rings. The summed E-state index contributed by atoms with van der Waals surface area (Å²) in [5, 5.41) is 14.8. The van der Waals surface area contributed by atoms with Crippen molar-refractivity contribution in [2.45, 2.75) is 71.4 Å². The molecule has 3 rings (SSSR count). The number of alkyl carbamates (subject to hydrolysis) is 1. The fourth-order valence-corrected chi connectivity index (χ4v) is 4.36. The Balaban J connectivity index is 1.45. The molecule has 2 atom stereocenters. The van der Waals surface area contributed by atoms with Crippen molar-refractivity contribution in [3.63, 3.8) is 0 Å². The van der Waals surface area contributed by atoms with E-state index in [1.165, 1.54) is 11.1 Å². The third-order valence-electron chi connectivity index (χ3n) is 6.33. The van der Waals surface area contributed by atoms with Gasteiger partial charge in [-0.25, -0.2) is 9.59 Å². The van der Waals surface area contributed by atoms with Gasteiger partial charge in [0.2, 0.25) is 5.91 Å². The standard InChI is InChI=1S/C28H36N2O5/c1-18(13-14-25(31)30-24(26(32)33)15-16-28(2,3)4)29-27(34)35-17-23-21-11-7-5-9-19(21)20-10-6-8-12-22(20)23/h5-12,18,23-24H,13-17H2,1-4H3,(H,29,34)(H,30,31)(H,32,33). The van der Waals surface area contributed by atoms with E-state index in [-0.39, 0.29) is 36.3 Å². The Labute approximate surface area is 207 Å². The average Bonchev–Trinajstić information content (AvgIpc) is 3.12. The molecule has 0 saturated heterocycles. The third-order valence-corrected chi connectivity index (χ3v) is 6.33. The minimum Gasteiger partial charge on any atom is -0.480 e. The van der Waals surface area contributed by atoms with E-state index in [1.54, 1.807) is 6.92 Å². The number of benzene rings is 2. The molecule has 35 heavy (non-hydrogen) atoms. The van der Waals surface area contributed by atoms with E-state index in [0.29, 0.717) is 19.3 Å². The minimum atomic E-state index is -1.03. The fourth-order valence-electron chi connectivity index (χ4n) is 4.36. The molecule has 0 spiro atoms. The molecule has 0 heterocycles. The zero-order valence-corrected chi connectivity index (χ0v) is 21.0. The summed E-state index contributed by atoms with van der Waals surface area (Å²) in [5.41, 5.74) is 4.61. The number of aliphatic carboxylic acids is 1. The third kappa shape index (κ3) is 7.31. The second-order valence-corrected chi connectivity index (χ2v) is 10.5. The van der Waals surface area contributed by atoms with Crippen LogP contribution >= 0.6 is 0 Å². The lowest BCUT2D eigenvalue weighted by Gasteiger charge is -2.22. The predicted octanol–water partition coefficient (Wildman–Crippen LogP) is 5.09. The molecule has 0 aromatic heterocycles. The Kier molecular flexibility index (Phi) is 8.54. The van der Waals surface area contributed by atoms with Crippen LogP contribution in [0.15, 0.2) is 48.5 Å². The number of hydrogen-bond donors (Lipinski definition) is 3. The molecule has 0 bridgehead atoms. The van der Waals surface area contributed by atoms with Crippen molar-refractivity contribution in [3.8, 4) is 11.1 Å². The van der Waals surface area contributed by atoms with Crippen molar-refractivity contribution < 1.29 is 24.2 Å². The Hall–Kier alpha value is -3.35. The SMILES string of the molecule is CC(CCC(=O)NC(CCC(C)(C)C)C(=O)O)NC(=O)OCC1c2ccccc2-c2ccccc21. The Morgan fingerprint density at radius 2 is 1.51 bits per heavy atom. The van der Waals surface area contributed by atoms with Crippen LogP contribution < -0.4 is 10.6 Å². The molecule has 2 aromatic carbocycles. The quantitative estimate of drug-likeness (QED) is 0.439. The lowest BCUT2D eigenvalue weighted by Crippen LogP contribution is -2.42. The van der Waals surface area contributed by atoms with Crippen molar-refractivity contribution in [2.75, 3.05) is 6.61 Å². The minimum absolute atomic E-state index is 0.0140. The molecule has 2 aromatic rings. The number of ether oxygens (including phenoxy) is 1. The lowest BCUT2D eigenvalue weighted by atomic mass is 9.88. The largest absolute Gasteiger partial charge is 0.480 e. The summed E-state index contributed by atoms with van der Waals surface area (Å²) in [7, 11) is 0. The summed E-state index contributed by atoms with van der Waals surface area (Å²) < 4.78 is 5.55. The molecule has 188 valence electrons. The van der Waals surface area contributed by atoms with E-state index in [4.69, 9.17) is 4.74 Å². The van der Waals surface area contributed by atoms with Gasteiger partial charge in [0.15, 0.2) is 0 Å². The van der Waals surface area contributed by atoms with Crippen LogP contribution in [0.1, 0.15) is 70.4 Å². The molecule has 2 amide bonds. The zero-order valence-electron chi connectivity index (χ0n) is 21.0. The summed E-state index contributed by atoms with van der Waals surface area (Å²) in [4.78, 5) is 36.2. The molecule has 1 aliphatic carbocycles. The van der Waals surface area contributed by atoms with Gasteiger partial charge in [-0.05, 0) is 53.9 Å². The van der Waals surface area contributed by atoms with Crippen molar-refractivity contribution >= 4 is 18.0 Å². The van der Waals surface area contributed by atoms with Crippen molar-refractivity contribution in [2.24, 2.45) is 5.41 Å². The van der Waals surface area contributed by atoms with E-state index >= 15 is 0 Å². The van der Waals surface area contributed by atoms with Gasteiger partial charge in [-0.2, -0.15) is 0 Å². The first-order valence-corrected chi connectivity index (χ1v) is 12.2. The number of amides is 2. The maximum atomic E-state index is 12.4. The van der Waals surface area contributed by atoms with Gasteiger partial charge in [0, 0.05) is 18.4 Å². The van der Waals surface area contributed by atoms with Crippen molar-refractivity contribution in [3.05, 3.63) is 59.7 Å². The second-order valence-electron chi connectivity index (χ2n) is 10.5. The number of carbonyl (C=O) groups excluding carboxylic acids is 2. The summed E-state index contributed by atoms with van der Waals surface area (Å²) in [6, 6.07) is 15.1. The van der Waals surface area contributed by atoms with E-state index < -0.39 is 18.1 Å². The summed E-state index contributed by atoms with van der Waals surface area (Å²) >= 11 is 0. The monoisotopic (exact) mass is 480 g/mol. The normalized spacial score (nSPS) is 14.4. The van der Waals surface area contributed by atoms with Crippen LogP contribution in [-0.4, -0.2) is 41.8 Å². The number of carboxylic acid groups (broad SMARTS) is 1. The van der Waals surface area contributed by atoms with E-state index in [9.17, 15) is 19.5 Å². The fraction of sp³-hybridized carbons (Fsp3) is 0.464. The number of hydrogen-bond acceptors (Lipinski definition) is 4. The van der Waals surface area contributed by atoms with Crippen molar-refractivity contribution in [1.29, 1.82) is 0 Å². The average molecular weight is 481 g/mol. The maximum Gasteiger partial charge on any atom is 0.407 e. The zero-order chi connectivity index (χ0) is 25.6. The van der Waals surface area contributed by atoms with Gasteiger partial charge in [0.05, 0.1) is 0 Å². The molecule has 0 saturated carbocycles. The molecular formula is C28H36N2O5. The molecular weight excluding hydrogens is 444 g/mol. The van der Waals surface area contributed by atoms with E-state index in [1.807, 2.05) is 45.0 Å². The first-order valence-electron chi connectivity index (χ1n) is 12.2. The Morgan fingerprint density at radius 1 is 0.943 bits per heavy atom. The van der Waals surface area contributed by atoms with Gasteiger partial charge in [0.1, 0.15) is 12.6 Å². The van der Waals surface area contributed by atoms with Crippen LogP contribution in [-0.2, 0) is 14.3 Å². The van der Waals surface area contributed by atoms with Crippen LogP contribution in [0.4, 0.5) is 4.79 Å². The molecule has 1 aliphatic rings. The number of fused-ring (bicyclic) bond motifs is 3. The Morgan fingerprint density at radius 3 is 2.06 bits per heavy atom. The summed E-state index contributed by atoms with van der Waals surface area (Å²) in [6.45, 7) is 8.11. The van der Waals surface area contributed by atoms with Crippen LogP contribution in [0.5, 0.6) is 0 Å². The summed E-state index contributed by atoms with van der Waals surface area (Å²) in [6.07, 6.45) is 1.02. The second kappa shape index (κ2) is 11.4. The molecule has 3 N–H and O–H groups in total. The highest BCUT2D eigenvalue weighted by atomic mass is 16.5. The van der Waals surface area contributed by atoms with Gasteiger partial charge in [0.25, 0.3) is 0 Å². The highest BCUT2D eigenvalue weighted by molar-refractivity contribution is 5.83. The number of carbonyl (C=O) groups is 3. The first kappa shape index (κ1) is 26.3. The van der Waals surface area contributed by atoms with Crippen LogP contribution in [0.2, 0.25) is 0 Å². The highest BCUT2D eigenvalue weighted by Gasteiger charge is 2.29. The summed E-state index contributed by atoms with van der Waals surface area (Å²) in [5.74, 6) is -1.39. The molecule has 0 radical (unpaired) electrons. The molecule has 2 unspecified atom stereocenters. The van der Waals surface area contributed by atoms with Crippen molar-refractivity contribution in [1.82, 2.24) is 10.6 Å². The number of rotatable bonds is 10. The van der Waals surface area contributed by atoms with E-state index in [0.717, 1.165) is 11.1 Å². The van der Waals surface area contributed by atoms with Gasteiger partial charge < -0.3 is 20.5 Å². The number of carboxylic acids is 1. The predicted molar refractivity (Wildman–Crippen MR) is 135 cm³/mol. The number of nitrogens with one attached hydrogen (secondary N) is 2. The Bertz CT molecular complexity index is 1010. The van der Waals surface area contributed by atoms with Gasteiger partial charge >= 0.3 is 12.1 Å². The van der Waals surface area contributed by atoms with Gasteiger partial charge in [-0.1, -0.05) is 69.3 Å². The first-order chi connectivity index (χ1) is 16.5.